The maximum Gasteiger partial charge on any atom is 0.244 e. The van der Waals surface area contributed by atoms with E-state index >= 15 is 0 Å². The van der Waals surface area contributed by atoms with Gasteiger partial charge in [-0.2, -0.15) is 0 Å². The molecule has 0 fully saturated rings. The largest absolute Gasteiger partial charge is 0.495 e. The summed E-state index contributed by atoms with van der Waals surface area (Å²) in [5, 5.41) is 3.88. The van der Waals surface area contributed by atoms with Crippen LogP contribution in [0.5, 0.6) is 5.75 Å². The highest BCUT2D eigenvalue weighted by atomic mass is 16.5. The normalized spacial score (nSPS) is 15.4. The SMILES string of the molecule is COCCN1C(=O)[C@@H](NC(c2ccccc2)(c2ccccc2)c2ccccc2)Cc2cccc(OC)c21. The van der Waals surface area contributed by atoms with Crippen LogP contribution in [-0.2, 0) is 21.5 Å². The number of anilines is 1. The highest BCUT2D eigenvalue weighted by molar-refractivity contribution is 6.02. The summed E-state index contributed by atoms with van der Waals surface area (Å²) in [5.74, 6) is 0.696. The number of amides is 1. The lowest BCUT2D eigenvalue weighted by molar-refractivity contribution is -0.121. The molecule has 0 bridgehead atoms. The molecular formula is C32H32N2O3. The van der Waals surface area contributed by atoms with Gasteiger partial charge in [0.15, 0.2) is 0 Å². The second-order valence-electron chi connectivity index (χ2n) is 9.20. The lowest BCUT2D eigenvalue weighted by atomic mass is 9.76. The number of hydrogen-bond donors (Lipinski definition) is 1. The Bertz CT molecular complexity index is 1230. The molecule has 5 rings (SSSR count). The molecule has 4 aromatic rings. The van der Waals surface area contributed by atoms with Gasteiger partial charge >= 0.3 is 0 Å². The minimum Gasteiger partial charge on any atom is -0.495 e. The van der Waals surface area contributed by atoms with Gasteiger partial charge in [0.25, 0.3) is 0 Å². The van der Waals surface area contributed by atoms with Gasteiger partial charge in [-0.25, -0.2) is 0 Å². The first-order valence-corrected chi connectivity index (χ1v) is 12.6. The lowest BCUT2D eigenvalue weighted by Crippen LogP contribution is -2.59. The van der Waals surface area contributed by atoms with Gasteiger partial charge in [0.05, 0.1) is 31.0 Å². The van der Waals surface area contributed by atoms with Crippen molar-refractivity contribution < 1.29 is 14.3 Å². The van der Waals surface area contributed by atoms with E-state index in [1.165, 1.54) is 0 Å². The molecule has 1 atom stereocenters. The van der Waals surface area contributed by atoms with E-state index in [-0.39, 0.29) is 5.91 Å². The van der Waals surface area contributed by atoms with Gasteiger partial charge in [0.2, 0.25) is 5.91 Å². The Morgan fingerprint density at radius 3 is 1.81 bits per heavy atom. The van der Waals surface area contributed by atoms with Gasteiger partial charge in [0, 0.05) is 13.7 Å². The fourth-order valence-electron chi connectivity index (χ4n) is 5.40. The predicted octanol–water partition coefficient (Wildman–Crippen LogP) is 5.18. The van der Waals surface area contributed by atoms with Crippen molar-refractivity contribution in [1.29, 1.82) is 0 Å². The van der Waals surface area contributed by atoms with Crippen molar-refractivity contribution in [3.05, 3.63) is 131 Å². The molecule has 0 spiro atoms. The van der Waals surface area contributed by atoms with Crippen LogP contribution in [0.2, 0.25) is 0 Å². The average molecular weight is 493 g/mol. The number of carbonyl (C=O) groups excluding carboxylic acids is 1. The first kappa shape index (κ1) is 24.8. The van der Waals surface area contributed by atoms with Crippen molar-refractivity contribution in [3.8, 4) is 5.75 Å². The molecule has 188 valence electrons. The van der Waals surface area contributed by atoms with Crippen LogP contribution in [0.3, 0.4) is 0 Å². The number of rotatable bonds is 9. The Balaban J connectivity index is 1.68. The molecule has 1 heterocycles. The van der Waals surface area contributed by atoms with Crippen molar-refractivity contribution in [3.63, 3.8) is 0 Å². The Morgan fingerprint density at radius 1 is 0.784 bits per heavy atom. The van der Waals surface area contributed by atoms with Gasteiger partial charge < -0.3 is 14.4 Å². The van der Waals surface area contributed by atoms with Crippen LogP contribution in [0.4, 0.5) is 5.69 Å². The molecule has 0 unspecified atom stereocenters. The van der Waals surface area contributed by atoms with Crippen LogP contribution in [-0.4, -0.2) is 39.3 Å². The zero-order valence-corrected chi connectivity index (χ0v) is 21.3. The van der Waals surface area contributed by atoms with E-state index in [0.717, 1.165) is 27.9 Å². The fourth-order valence-corrected chi connectivity index (χ4v) is 5.40. The smallest absolute Gasteiger partial charge is 0.244 e. The van der Waals surface area contributed by atoms with E-state index in [0.29, 0.717) is 25.3 Å². The van der Waals surface area contributed by atoms with Crippen molar-refractivity contribution in [2.24, 2.45) is 0 Å². The molecule has 5 nitrogen and oxygen atoms in total. The molecule has 0 saturated carbocycles. The van der Waals surface area contributed by atoms with Crippen LogP contribution in [0.1, 0.15) is 22.3 Å². The monoisotopic (exact) mass is 492 g/mol. The molecule has 1 amide bonds. The van der Waals surface area contributed by atoms with Crippen LogP contribution in [0.25, 0.3) is 0 Å². The lowest BCUT2D eigenvalue weighted by Gasteiger charge is -2.43. The van der Waals surface area contributed by atoms with Gasteiger partial charge in [-0.3, -0.25) is 10.1 Å². The summed E-state index contributed by atoms with van der Waals surface area (Å²) < 4.78 is 11.0. The molecule has 0 saturated heterocycles. The number of benzene rings is 4. The van der Waals surface area contributed by atoms with E-state index in [4.69, 9.17) is 9.47 Å². The number of hydrogen-bond acceptors (Lipinski definition) is 4. The van der Waals surface area contributed by atoms with Crippen LogP contribution in [0, 0.1) is 0 Å². The van der Waals surface area contributed by atoms with Gasteiger partial charge in [-0.05, 0) is 34.7 Å². The van der Waals surface area contributed by atoms with Crippen LogP contribution >= 0.6 is 0 Å². The minimum absolute atomic E-state index is 0.00113. The van der Waals surface area contributed by atoms with Gasteiger partial charge in [0.1, 0.15) is 5.75 Å². The molecule has 1 aliphatic rings. The first-order chi connectivity index (χ1) is 18.2. The summed E-state index contributed by atoms with van der Waals surface area (Å²) in [5.41, 5.74) is 4.36. The second kappa shape index (κ2) is 11.0. The Morgan fingerprint density at radius 2 is 1.32 bits per heavy atom. The van der Waals surface area contributed by atoms with E-state index in [2.05, 4.69) is 47.8 Å². The number of para-hydroxylation sites is 1. The third-order valence-corrected chi connectivity index (χ3v) is 7.09. The molecule has 0 aromatic heterocycles. The van der Waals surface area contributed by atoms with E-state index in [1.807, 2.05) is 71.6 Å². The Labute approximate surface area is 218 Å². The molecule has 0 radical (unpaired) electrons. The van der Waals surface area contributed by atoms with Crippen molar-refractivity contribution in [2.75, 3.05) is 32.3 Å². The van der Waals surface area contributed by atoms with Gasteiger partial charge in [-0.15, -0.1) is 0 Å². The summed E-state index contributed by atoms with van der Waals surface area (Å²) in [7, 11) is 3.29. The molecule has 1 aliphatic heterocycles. The topological polar surface area (TPSA) is 50.8 Å². The van der Waals surface area contributed by atoms with Crippen molar-refractivity contribution in [2.45, 2.75) is 18.0 Å². The molecule has 0 aliphatic carbocycles. The average Bonchev–Trinajstić information content (AvgIpc) is 2.97. The molecule has 37 heavy (non-hydrogen) atoms. The van der Waals surface area contributed by atoms with E-state index in [9.17, 15) is 4.79 Å². The van der Waals surface area contributed by atoms with Crippen molar-refractivity contribution in [1.82, 2.24) is 5.32 Å². The summed E-state index contributed by atoms with van der Waals surface area (Å²) in [6.07, 6.45) is 0.545. The first-order valence-electron chi connectivity index (χ1n) is 12.6. The molecule has 5 heteroatoms. The third kappa shape index (κ3) is 4.64. The summed E-state index contributed by atoms with van der Waals surface area (Å²) >= 11 is 0. The zero-order valence-electron chi connectivity index (χ0n) is 21.3. The summed E-state index contributed by atoms with van der Waals surface area (Å²) in [6, 6.07) is 36.6. The van der Waals surface area contributed by atoms with Crippen molar-refractivity contribution >= 4 is 11.6 Å². The fraction of sp³-hybridized carbons (Fsp3) is 0.219. The highest BCUT2D eigenvalue weighted by Crippen LogP contribution is 2.41. The number of fused-ring (bicyclic) bond motifs is 1. The standard InChI is InChI=1S/C32H32N2O3/c1-36-22-21-34-30-24(13-12-20-29(30)37-2)23-28(31(34)35)33-32(25-14-6-3-7-15-25,26-16-8-4-9-17-26)27-18-10-5-11-19-27/h3-20,28,33H,21-23H2,1-2H3/t28-/m0/s1. The molecular weight excluding hydrogens is 460 g/mol. The highest BCUT2D eigenvalue weighted by Gasteiger charge is 2.43. The number of carbonyl (C=O) groups is 1. The Hall–Kier alpha value is -3.93. The quantitative estimate of drug-likeness (QED) is 0.327. The van der Waals surface area contributed by atoms with E-state index < -0.39 is 11.6 Å². The molecule has 1 N–H and O–H groups in total. The predicted molar refractivity (Wildman–Crippen MR) is 147 cm³/mol. The number of ether oxygens (including phenoxy) is 2. The maximum atomic E-state index is 14.2. The third-order valence-electron chi connectivity index (χ3n) is 7.09. The van der Waals surface area contributed by atoms with Gasteiger partial charge in [-0.1, -0.05) is 103 Å². The number of nitrogens with one attached hydrogen (secondary N) is 1. The second-order valence-corrected chi connectivity index (χ2v) is 9.20. The number of nitrogens with zero attached hydrogens (tertiary/aromatic N) is 1. The summed E-state index contributed by atoms with van der Waals surface area (Å²) in [4.78, 5) is 16.0. The maximum absolute atomic E-state index is 14.2. The minimum atomic E-state index is -0.743. The van der Waals surface area contributed by atoms with Crippen LogP contribution < -0.4 is 15.0 Å². The zero-order chi connectivity index (χ0) is 25.7. The Kier molecular flexibility index (Phi) is 7.35. The molecule has 4 aromatic carbocycles. The van der Waals surface area contributed by atoms with Crippen LogP contribution in [0.15, 0.2) is 109 Å². The van der Waals surface area contributed by atoms with E-state index in [1.54, 1.807) is 14.2 Å². The summed E-state index contributed by atoms with van der Waals surface area (Å²) in [6.45, 7) is 0.868. The number of methoxy groups -OCH3 is 2.